The molecule has 97 heavy (non-hydrogen) atoms. The summed E-state index contributed by atoms with van der Waals surface area (Å²) in [5.41, 5.74) is -6.65. The summed E-state index contributed by atoms with van der Waals surface area (Å²) in [5, 5.41) is 34.2. The van der Waals surface area contributed by atoms with Crippen molar-refractivity contribution in [3.63, 3.8) is 0 Å². The van der Waals surface area contributed by atoms with Crippen LogP contribution in [0.5, 0.6) is 0 Å². The summed E-state index contributed by atoms with van der Waals surface area (Å²) in [4.78, 5) is 127. The van der Waals surface area contributed by atoms with Crippen molar-refractivity contribution in [1.82, 2.24) is 4.90 Å². The lowest BCUT2D eigenvalue weighted by molar-refractivity contribution is -0.377. The summed E-state index contributed by atoms with van der Waals surface area (Å²) in [6, 6.07) is 11.4. The van der Waals surface area contributed by atoms with Crippen LogP contribution in [0, 0.1) is 27.1 Å². The number of esters is 6. The summed E-state index contributed by atoms with van der Waals surface area (Å²) in [6.45, 7) is 22.7. The number of benzene rings is 2. The highest BCUT2D eigenvalue weighted by Crippen LogP contribution is 2.41. The number of carbonyl (C=O) groups is 9. The molecule has 0 radical (unpaired) electrons. The number of imide groups is 1. The fourth-order valence-electron chi connectivity index (χ4n) is 9.76. The van der Waals surface area contributed by atoms with Gasteiger partial charge in [0.25, 0.3) is 11.8 Å². The Morgan fingerprint density at radius 3 is 1.31 bits per heavy atom. The first-order chi connectivity index (χ1) is 45.3. The smallest absolute Gasteiger partial charge is 0.338 e. The molecule has 6 rings (SSSR count). The van der Waals surface area contributed by atoms with Gasteiger partial charge in [0.2, 0.25) is 0 Å². The third-order valence-electron chi connectivity index (χ3n) is 15.3. The van der Waals surface area contributed by atoms with Crippen molar-refractivity contribution in [1.29, 1.82) is 0 Å². The highest BCUT2D eigenvalue weighted by Gasteiger charge is 2.61. The van der Waals surface area contributed by atoms with Crippen LogP contribution in [0.15, 0.2) is 54.6 Å². The number of hydrogen-bond acceptors (Lipinski definition) is 28. The van der Waals surface area contributed by atoms with Crippen LogP contribution in [-0.2, 0) is 99.8 Å². The van der Waals surface area contributed by atoms with Crippen LogP contribution in [0.25, 0.3) is 0 Å². The average molecular weight is 1390 g/mol. The molecule has 15 atom stereocenters. The Morgan fingerprint density at radius 2 is 0.856 bits per heavy atom. The molecule has 0 spiro atoms. The highest BCUT2D eigenvalue weighted by atomic mass is 32.2. The first-order valence-corrected chi connectivity index (χ1v) is 33.2. The van der Waals surface area contributed by atoms with Gasteiger partial charge in [-0.1, -0.05) is 42.1 Å². The second-order valence-corrected chi connectivity index (χ2v) is 30.1. The molecule has 29 heteroatoms. The van der Waals surface area contributed by atoms with Crippen LogP contribution in [-0.4, -0.2) is 237 Å². The third-order valence-corrected chi connectivity index (χ3v) is 16.1. The molecule has 4 aliphatic heterocycles. The van der Waals surface area contributed by atoms with E-state index in [1.165, 1.54) is 84.9 Å². The molecule has 28 nitrogen and oxygen atoms in total. The van der Waals surface area contributed by atoms with Gasteiger partial charge in [0, 0.05) is 12.7 Å². The predicted octanol–water partition coefficient (Wildman–Crippen LogP) is 4.93. The number of rotatable bonds is 28. The molecule has 0 saturated carbocycles. The standard InChI is InChI=1S/C68H97NO27S/c1-37(71)97-33-32-84-29-28-82-26-27-83-30-31-85-57-51(95-62(80)67(11,12)13)49(93-60(78)65(5,6)7)48(43(89-57)36-87-59(77)64(2,3)4)92-58-52(96-63(81)68(14,15)16)50(94-61(79)66(8,9)10)47(42(90-58)35-86-55(76)38-22-18-17-19-23-38)91-56-44(46(73)45(72)41(34-70)88-56)69-53(74)39-24-20-21-25-40(39)54(69)75/h17-25,41-52,56-58,70,72-73H,26-36H2,1-16H3/t41-,42-,43-,44-,45+,46-,47+,48-,49+,50+,51-,52-,56+,57-,58+/m1/s1. The molecule has 3 saturated heterocycles. The monoisotopic (exact) mass is 1390 g/mol. The van der Waals surface area contributed by atoms with E-state index < -0.39 is 187 Å². The molecule has 542 valence electrons. The number of aliphatic hydroxyl groups is 3. The molecule has 2 aromatic rings. The molecule has 3 N–H and O–H groups in total. The summed E-state index contributed by atoms with van der Waals surface area (Å²) in [7, 11) is 0. The summed E-state index contributed by atoms with van der Waals surface area (Å²) < 4.78 is 94.2. The molecule has 4 heterocycles. The minimum atomic E-state index is -2.16. The van der Waals surface area contributed by atoms with E-state index in [2.05, 4.69) is 0 Å². The van der Waals surface area contributed by atoms with Crippen molar-refractivity contribution in [2.45, 2.75) is 203 Å². The number of carbonyl (C=O) groups excluding carboxylic acids is 9. The number of thioether (sulfide) groups is 1. The maximum absolute atomic E-state index is 14.8. The first kappa shape index (κ1) is 79.9. The normalized spacial score (nSPS) is 27.1. The molecular formula is C68H97NO27S. The molecule has 0 aliphatic carbocycles. The number of amides is 2. The molecule has 0 unspecified atom stereocenters. The topological polar surface area (TPSA) is 356 Å². The van der Waals surface area contributed by atoms with Crippen LogP contribution >= 0.6 is 11.8 Å². The second-order valence-electron chi connectivity index (χ2n) is 28.9. The minimum Gasteiger partial charge on any atom is -0.462 e. The molecule has 4 aliphatic rings. The Balaban J connectivity index is 1.52. The number of ether oxygens (including phenoxy) is 15. The average Bonchev–Trinajstić information content (AvgIpc) is 1.72. The van der Waals surface area contributed by atoms with Gasteiger partial charge in [-0.25, -0.2) is 4.79 Å². The number of aliphatic hydroxyl groups excluding tert-OH is 3. The quantitative estimate of drug-likeness (QED) is 0.0440. The van der Waals surface area contributed by atoms with Crippen molar-refractivity contribution >= 4 is 64.5 Å². The number of nitrogens with zero attached hydrogens (tertiary/aromatic N) is 1. The van der Waals surface area contributed by atoms with Crippen molar-refractivity contribution < 1.29 is 130 Å². The van der Waals surface area contributed by atoms with E-state index in [1.54, 1.807) is 80.5 Å². The zero-order valence-corrected chi connectivity index (χ0v) is 58.9. The second kappa shape index (κ2) is 34.3. The van der Waals surface area contributed by atoms with Crippen LogP contribution < -0.4 is 0 Å². The van der Waals surface area contributed by atoms with E-state index in [0.717, 1.165) is 11.8 Å². The van der Waals surface area contributed by atoms with Gasteiger partial charge in [0.15, 0.2) is 48.4 Å². The van der Waals surface area contributed by atoms with Gasteiger partial charge < -0.3 is 86.4 Å². The van der Waals surface area contributed by atoms with Crippen molar-refractivity contribution in [2.24, 2.45) is 27.1 Å². The van der Waals surface area contributed by atoms with E-state index in [0.29, 0.717) is 17.3 Å². The maximum Gasteiger partial charge on any atom is 0.338 e. The van der Waals surface area contributed by atoms with Crippen LogP contribution in [0.4, 0.5) is 0 Å². The van der Waals surface area contributed by atoms with Gasteiger partial charge in [-0.15, -0.1) is 0 Å². The number of fused-ring (bicyclic) bond motifs is 1. The van der Waals surface area contributed by atoms with Crippen molar-refractivity contribution in [3.8, 4) is 0 Å². The zero-order chi connectivity index (χ0) is 72.1. The van der Waals surface area contributed by atoms with Gasteiger partial charge in [-0.3, -0.25) is 43.3 Å². The van der Waals surface area contributed by atoms with Crippen LogP contribution in [0.1, 0.15) is 142 Å². The van der Waals surface area contributed by atoms with Crippen LogP contribution in [0.3, 0.4) is 0 Å². The molecular weight excluding hydrogens is 1290 g/mol. The van der Waals surface area contributed by atoms with E-state index >= 15 is 0 Å². The first-order valence-electron chi connectivity index (χ1n) is 32.2. The van der Waals surface area contributed by atoms with Crippen molar-refractivity contribution in [3.05, 3.63) is 71.3 Å². The zero-order valence-electron chi connectivity index (χ0n) is 58.1. The summed E-state index contributed by atoms with van der Waals surface area (Å²) in [5.74, 6) is -6.83. The Kier molecular flexibility index (Phi) is 28.3. The molecule has 2 aromatic carbocycles. The van der Waals surface area contributed by atoms with Crippen LogP contribution in [0.2, 0.25) is 0 Å². The fraction of sp³-hybridized carbons (Fsp3) is 0.691. The number of hydrogen-bond donors (Lipinski definition) is 3. The van der Waals surface area contributed by atoms with Gasteiger partial charge in [0.1, 0.15) is 62.0 Å². The van der Waals surface area contributed by atoms with Gasteiger partial charge in [-0.2, -0.15) is 0 Å². The summed E-state index contributed by atoms with van der Waals surface area (Å²) >= 11 is 1.15. The van der Waals surface area contributed by atoms with E-state index in [4.69, 9.17) is 71.1 Å². The predicted molar refractivity (Wildman–Crippen MR) is 342 cm³/mol. The van der Waals surface area contributed by atoms with Crippen molar-refractivity contribution in [2.75, 3.05) is 71.8 Å². The van der Waals surface area contributed by atoms with E-state index in [1.807, 2.05) is 0 Å². The molecule has 0 bridgehead atoms. The van der Waals surface area contributed by atoms with E-state index in [-0.39, 0.29) is 61.4 Å². The highest BCUT2D eigenvalue weighted by molar-refractivity contribution is 8.13. The van der Waals surface area contributed by atoms with Gasteiger partial charge in [0.05, 0.1) is 96.6 Å². The molecule has 2 amide bonds. The lowest BCUT2D eigenvalue weighted by Crippen LogP contribution is -2.70. The third kappa shape index (κ3) is 21.7. The molecule has 0 aromatic heterocycles. The maximum atomic E-state index is 14.8. The largest absolute Gasteiger partial charge is 0.462 e. The molecule has 3 fully saturated rings. The minimum absolute atomic E-state index is 0.0158. The Labute approximate surface area is 569 Å². The lowest BCUT2D eigenvalue weighted by atomic mass is 9.92. The van der Waals surface area contributed by atoms with E-state index in [9.17, 15) is 58.5 Å². The Morgan fingerprint density at radius 1 is 0.464 bits per heavy atom. The summed E-state index contributed by atoms with van der Waals surface area (Å²) in [6.07, 6.45) is -26.9. The Bertz CT molecular complexity index is 2980. The fourth-order valence-corrected chi connectivity index (χ4v) is 10.2. The SMILES string of the molecule is CC(=O)SCCOCCOCCOCCO[C@@H]1O[C@H](COC(=O)C(C)(C)C)[C@@H](O[C@@H]2O[C@H](COC(=O)c3ccccc3)[C@H](O[C@@H]3O[C@H](CO)[C@H](O)[C@H](O)[C@H]3N3C(=O)c4ccccc4C3=O)[C@H](OC(=O)C(C)(C)C)[C@H]2OC(=O)C(C)(C)C)[C@H](OC(=O)C(C)(C)C)[C@H]1OC(=O)C(C)(C)C. The van der Waals surface area contributed by atoms with Gasteiger partial charge in [-0.05, 0) is 128 Å². The Hall–Kier alpha value is -6.06. The lowest BCUT2D eigenvalue weighted by Gasteiger charge is -2.51. The van der Waals surface area contributed by atoms with Gasteiger partial charge >= 0.3 is 35.8 Å².